The number of carbonyl (C=O) groups is 1. The summed E-state index contributed by atoms with van der Waals surface area (Å²) in [6.07, 6.45) is 3.72. The molecule has 1 aliphatic rings. The van der Waals surface area contributed by atoms with E-state index in [4.69, 9.17) is 16.2 Å². The number of methoxy groups -OCH3 is 1. The van der Waals surface area contributed by atoms with Crippen LogP contribution in [0, 0.1) is 5.92 Å². The molecule has 2 aromatic rings. The van der Waals surface area contributed by atoms with Crippen molar-refractivity contribution in [1.82, 2.24) is 9.62 Å². The number of hydrogen-bond acceptors (Lipinski definition) is 5. The minimum atomic E-state index is -3.95. The highest BCUT2D eigenvalue weighted by molar-refractivity contribution is 7.89. The van der Waals surface area contributed by atoms with Crippen molar-refractivity contribution < 1.29 is 17.9 Å². The molecule has 2 aromatic carbocycles. The molecule has 1 fully saturated rings. The van der Waals surface area contributed by atoms with Gasteiger partial charge in [0.1, 0.15) is 11.8 Å². The second-order valence-electron chi connectivity index (χ2n) is 8.67. The number of benzene rings is 2. The topological polar surface area (TPSA) is 140 Å². The van der Waals surface area contributed by atoms with E-state index in [0.29, 0.717) is 44.1 Å². The first kappa shape index (κ1) is 25.8. The minimum absolute atomic E-state index is 0.0308. The Morgan fingerprint density at radius 3 is 2.53 bits per heavy atom. The first-order chi connectivity index (χ1) is 16.2. The van der Waals surface area contributed by atoms with Crippen molar-refractivity contribution in [3.05, 3.63) is 36.4 Å². The second kappa shape index (κ2) is 11.5. The van der Waals surface area contributed by atoms with Crippen molar-refractivity contribution >= 4 is 32.7 Å². The Hall–Kier alpha value is -2.85. The molecule has 1 amide bonds. The summed E-state index contributed by atoms with van der Waals surface area (Å²) in [4.78, 5) is 19.1. The summed E-state index contributed by atoms with van der Waals surface area (Å²) < 4.78 is 34.5. The molecule has 0 aromatic heterocycles. The number of guanidine groups is 1. The van der Waals surface area contributed by atoms with E-state index in [1.807, 2.05) is 12.1 Å². The standard InChI is InChI=1S/C24H35N5O4S/c1-3-17-10-13-29(14-11-17)23(30)22(5-4-12-27-24(25)26)28-34(31,32)21-9-7-18-6-8-20(33-2)15-19(18)16-21/h6-9,15-17,22,28H,3-5,10-14H2,1-2H3,(H4,25,26,27). The third kappa shape index (κ3) is 6.60. The lowest BCUT2D eigenvalue weighted by Crippen LogP contribution is -2.50. The van der Waals surface area contributed by atoms with Gasteiger partial charge in [-0.2, -0.15) is 4.72 Å². The minimum Gasteiger partial charge on any atom is -0.497 e. The Labute approximate surface area is 201 Å². The molecule has 1 unspecified atom stereocenters. The summed E-state index contributed by atoms with van der Waals surface area (Å²) in [6.45, 7) is 3.75. The molecule has 186 valence electrons. The van der Waals surface area contributed by atoms with Crippen LogP contribution in [-0.2, 0) is 14.8 Å². The maximum atomic E-state index is 13.3. The molecule has 5 N–H and O–H groups in total. The molecule has 34 heavy (non-hydrogen) atoms. The van der Waals surface area contributed by atoms with Crippen molar-refractivity contribution in [3.8, 4) is 5.75 Å². The van der Waals surface area contributed by atoms with E-state index in [-0.39, 0.29) is 16.8 Å². The summed E-state index contributed by atoms with van der Waals surface area (Å²) in [5, 5.41) is 1.63. The van der Waals surface area contributed by atoms with E-state index in [0.717, 1.165) is 30.0 Å². The van der Waals surface area contributed by atoms with E-state index >= 15 is 0 Å². The van der Waals surface area contributed by atoms with Crippen molar-refractivity contribution in [2.24, 2.45) is 22.4 Å². The highest BCUT2D eigenvalue weighted by Crippen LogP contribution is 2.25. The van der Waals surface area contributed by atoms with Crippen molar-refractivity contribution in [2.75, 3.05) is 26.7 Å². The molecular weight excluding hydrogens is 454 g/mol. The van der Waals surface area contributed by atoms with Gasteiger partial charge in [-0.1, -0.05) is 25.5 Å². The molecule has 1 aliphatic heterocycles. The predicted molar refractivity (Wildman–Crippen MR) is 134 cm³/mol. The number of nitrogens with one attached hydrogen (secondary N) is 1. The number of sulfonamides is 1. The molecule has 0 saturated carbocycles. The summed E-state index contributed by atoms with van der Waals surface area (Å²) in [5.41, 5.74) is 10.8. The maximum Gasteiger partial charge on any atom is 0.241 e. The zero-order valence-electron chi connectivity index (χ0n) is 19.9. The summed E-state index contributed by atoms with van der Waals surface area (Å²) in [6, 6.07) is 9.46. The largest absolute Gasteiger partial charge is 0.497 e. The van der Waals surface area contributed by atoms with Crippen molar-refractivity contribution in [1.29, 1.82) is 0 Å². The van der Waals surface area contributed by atoms with Gasteiger partial charge in [-0.05, 0) is 66.6 Å². The molecule has 1 saturated heterocycles. The Kier molecular flexibility index (Phi) is 8.73. The molecule has 0 spiro atoms. The Morgan fingerprint density at radius 2 is 1.88 bits per heavy atom. The number of nitrogens with zero attached hydrogens (tertiary/aromatic N) is 2. The number of rotatable bonds is 10. The van der Waals surface area contributed by atoms with Crippen LogP contribution in [-0.4, -0.2) is 58.0 Å². The number of likely N-dealkylation sites (tertiary alicyclic amines) is 1. The van der Waals surface area contributed by atoms with Crippen molar-refractivity contribution in [2.45, 2.75) is 50.0 Å². The predicted octanol–water partition coefficient (Wildman–Crippen LogP) is 2.20. The van der Waals surface area contributed by atoms with E-state index in [1.165, 1.54) is 0 Å². The molecular formula is C24H35N5O4S. The van der Waals surface area contributed by atoms with Gasteiger partial charge in [-0.15, -0.1) is 0 Å². The van der Waals surface area contributed by atoms with Crippen LogP contribution in [0.3, 0.4) is 0 Å². The smallest absolute Gasteiger partial charge is 0.241 e. The van der Waals surface area contributed by atoms with Gasteiger partial charge in [0.15, 0.2) is 5.96 Å². The fourth-order valence-corrected chi connectivity index (χ4v) is 5.53. The van der Waals surface area contributed by atoms with Gasteiger partial charge in [0, 0.05) is 19.6 Å². The second-order valence-corrected chi connectivity index (χ2v) is 10.4. The molecule has 0 bridgehead atoms. The van der Waals surface area contributed by atoms with Crippen LogP contribution in [0.2, 0.25) is 0 Å². The number of fused-ring (bicyclic) bond motifs is 1. The van der Waals surface area contributed by atoms with Gasteiger partial charge in [0.2, 0.25) is 15.9 Å². The van der Waals surface area contributed by atoms with Crippen molar-refractivity contribution in [3.63, 3.8) is 0 Å². The van der Waals surface area contributed by atoms with Crippen LogP contribution in [0.1, 0.15) is 39.0 Å². The number of aliphatic imine (C=N–C) groups is 1. The number of amides is 1. The average Bonchev–Trinajstić information content (AvgIpc) is 2.84. The quantitative estimate of drug-likeness (QED) is 0.265. The fourth-order valence-electron chi connectivity index (χ4n) is 4.27. The highest BCUT2D eigenvalue weighted by atomic mass is 32.2. The first-order valence-corrected chi connectivity index (χ1v) is 13.2. The van der Waals surface area contributed by atoms with E-state index in [9.17, 15) is 13.2 Å². The Balaban J connectivity index is 1.81. The normalized spacial score (nSPS) is 15.8. The molecule has 10 heteroatoms. The molecule has 0 radical (unpaired) electrons. The summed E-state index contributed by atoms with van der Waals surface area (Å²) in [5.74, 6) is 1.01. The monoisotopic (exact) mass is 489 g/mol. The lowest BCUT2D eigenvalue weighted by Gasteiger charge is -2.34. The van der Waals surface area contributed by atoms with Gasteiger partial charge in [0.25, 0.3) is 0 Å². The van der Waals surface area contributed by atoms with Gasteiger partial charge < -0.3 is 21.1 Å². The SMILES string of the molecule is CCC1CCN(C(=O)C(CCCN=C(N)N)NS(=O)(=O)c2ccc3ccc(OC)cc3c2)CC1. The Morgan fingerprint density at radius 1 is 1.18 bits per heavy atom. The molecule has 3 rings (SSSR count). The van der Waals surface area contributed by atoms with Crippen LogP contribution in [0.25, 0.3) is 10.8 Å². The maximum absolute atomic E-state index is 13.3. The van der Waals surface area contributed by atoms with E-state index < -0.39 is 16.1 Å². The lowest BCUT2D eigenvalue weighted by atomic mass is 9.94. The first-order valence-electron chi connectivity index (χ1n) is 11.7. The van der Waals surface area contributed by atoms with Crippen LogP contribution < -0.4 is 20.9 Å². The number of ether oxygens (including phenoxy) is 1. The van der Waals surface area contributed by atoms with Gasteiger partial charge in [-0.3, -0.25) is 9.79 Å². The molecule has 1 heterocycles. The number of nitrogens with two attached hydrogens (primary N) is 2. The van der Waals surface area contributed by atoms with E-state index in [2.05, 4.69) is 16.6 Å². The fraction of sp³-hybridized carbons (Fsp3) is 0.500. The summed E-state index contributed by atoms with van der Waals surface area (Å²) in [7, 11) is -2.39. The van der Waals surface area contributed by atoms with Crippen LogP contribution in [0.4, 0.5) is 0 Å². The van der Waals surface area contributed by atoms with Crippen LogP contribution in [0.15, 0.2) is 46.3 Å². The Bertz CT molecular complexity index is 1120. The third-order valence-electron chi connectivity index (χ3n) is 6.37. The van der Waals surface area contributed by atoms with Gasteiger partial charge in [-0.25, -0.2) is 8.42 Å². The average molecular weight is 490 g/mol. The summed E-state index contributed by atoms with van der Waals surface area (Å²) >= 11 is 0. The molecule has 9 nitrogen and oxygen atoms in total. The zero-order chi connectivity index (χ0) is 24.7. The third-order valence-corrected chi connectivity index (χ3v) is 7.84. The van der Waals surface area contributed by atoms with Crippen LogP contribution >= 0.6 is 0 Å². The molecule has 1 atom stereocenters. The highest BCUT2D eigenvalue weighted by Gasteiger charge is 2.31. The zero-order valence-corrected chi connectivity index (χ0v) is 20.7. The molecule has 0 aliphatic carbocycles. The van der Waals surface area contributed by atoms with Gasteiger partial charge in [0.05, 0.1) is 12.0 Å². The number of piperidine rings is 1. The lowest BCUT2D eigenvalue weighted by molar-refractivity contribution is -0.134. The number of carbonyl (C=O) groups excluding carboxylic acids is 1. The number of hydrogen-bond donors (Lipinski definition) is 3. The van der Waals surface area contributed by atoms with Crippen LogP contribution in [0.5, 0.6) is 5.75 Å². The van der Waals surface area contributed by atoms with Gasteiger partial charge >= 0.3 is 0 Å². The van der Waals surface area contributed by atoms with E-state index in [1.54, 1.807) is 36.3 Å².